The van der Waals surface area contributed by atoms with E-state index in [-0.39, 0.29) is 16.9 Å². The Kier molecular flexibility index (Phi) is 6.07. The van der Waals surface area contributed by atoms with Crippen molar-refractivity contribution in [1.29, 1.82) is 0 Å². The lowest BCUT2D eigenvalue weighted by Crippen LogP contribution is -2.52. The second-order valence-corrected chi connectivity index (χ2v) is 8.74. The number of methoxy groups -OCH3 is 1. The molecule has 0 bridgehead atoms. The number of rotatable bonds is 5. The maximum absolute atomic E-state index is 12.7. The molecule has 0 radical (unpaired) electrons. The number of hydrogen-bond donors (Lipinski definition) is 0. The summed E-state index contributed by atoms with van der Waals surface area (Å²) in [6, 6.07) is 12.9. The van der Waals surface area contributed by atoms with Gasteiger partial charge < -0.3 is 14.5 Å². The number of hydrogen-bond acceptors (Lipinski definition) is 6. The van der Waals surface area contributed by atoms with Gasteiger partial charge in [-0.2, -0.15) is 8.78 Å². The van der Waals surface area contributed by atoms with Gasteiger partial charge in [0.25, 0.3) is 0 Å². The Morgan fingerprint density at radius 2 is 1.62 bits per heavy atom. The van der Waals surface area contributed by atoms with Gasteiger partial charge in [0, 0.05) is 37.1 Å². The molecule has 29 heavy (non-hydrogen) atoms. The van der Waals surface area contributed by atoms with E-state index in [1.165, 1.54) is 19.2 Å². The lowest BCUT2D eigenvalue weighted by molar-refractivity contribution is 0.0600. The molecule has 1 unspecified atom stereocenters. The first-order valence-electron chi connectivity index (χ1n) is 9.06. The van der Waals surface area contributed by atoms with Crippen LogP contribution in [0.4, 0.5) is 20.2 Å². The molecule has 1 fully saturated rings. The summed E-state index contributed by atoms with van der Waals surface area (Å²) in [4.78, 5) is 15.5. The number of halogens is 2. The number of carbonyl (C=O) groups is 1. The van der Waals surface area contributed by atoms with Crippen LogP contribution in [0.5, 0.6) is 0 Å². The van der Waals surface area contributed by atoms with Crippen LogP contribution in [0.15, 0.2) is 53.4 Å². The van der Waals surface area contributed by atoms with E-state index in [9.17, 15) is 22.0 Å². The Labute approximate surface area is 168 Å². The number of ether oxygens (including phenoxy) is 1. The highest BCUT2D eigenvalue weighted by Gasteiger charge is 2.28. The molecule has 6 nitrogen and oxygen atoms in total. The number of esters is 1. The number of anilines is 2. The fourth-order valence-corrected chi connectivity index (χ4v) is 4.15. The highest BCUT2D eigenvalue weighted by molar-refractivity contribution is 7.91. The lowest BCUT2D eigenvalue weighted by atomic mass is 10.1. The van der Waals surface area contributed by atoms with Crippen molar-refractivity contribution < 1.29 is 26.7 Å². The molecule has 0 aliphatic carbocycles. The van der Waals surface area contributed by atoms with Gasteiger partial charge in [-0.25, -0.2) is 13.2 Å². The Morgan fingerprint density at radius 3 is 2.14 bits per heavy atom. The van der Waals surface area contributed by atoms with Crippen molar-refractivity contribution in [1.82, 2.24) is 0 Å². The molecule has 1 saturated heterocycles. The second kappa shape index (κ2) is 8.36. The van der Waals surface area contributed by atoms with Crippen molar-refractivity contribution in [2.24, 2.45) is 0 Å². The van der Waals surface area contributed by atoms with Gasteiger partial charge in [-0.05, 0) is 55.5 Å². The zero-order valence-electron chi connectivity index (χ0n) is 16.1. The first kappa shape index (κ1) is 21.0. The van der Waals surface area contributed by atoms with Crippen molar-refractivity contribution >= 4 is 27.2 Å². The maximum atomic E-state index is 12.7. The number of alkyl halides is 2. The van der Waals surface area contributed by atoms with Crippen molar-refractivity contribution in [2.45, 2.75) is 23.6 Å². The molecular weight excluding hydrogens is 402 g/mol. The number of benzene rings is 2. The molecule has 2 aromatic carbocycles. The van der Waals surface area contributed by atoms with E-state index in [1.807, 2.05) is 19.1 Å². The number of carbonyl (C=O) groups excluding carboxylic acids is 1. The lowest BCUT2D eigenvalue weighted by Gasteiger charge is -2.42. The van der Waals surface area contributed by atoms with Gasteiger partial charge in [-0.1, -0.05) is 0 Å². The summed E-state index contributed by atoms with van der Waals surface area (Å²) in [5.74, 6) is -3.81. The van der Waals surface area contributed by atoms with Gasteiger partial charge in [0.2, 0.25) is 9.84 Å². The van der Waals surface area contributed by atoms with E-state index in [0.717, 1.165) is 17.9 Å². The zero-order chi connectivity index (χ0) is 21.2. The Morgan fingerprint density at radius 1 is 1.03 bits per heavy atom. The third-order valence-electron chi connectivity index (χ3n) is 5.01. The number of nitrogens with zero attached hydrogens (tertiary/aromatic N) is 2. The molecule has 2 aromatic rings. The van der Waals surface area contributed by atoms with Gasteiger partial charge in [0.15, 0.2) is 0 Å². The zero-order valence-corrected chi connectivity index (χ0v) is 16.9. The molecule has 1 aliphatic heterocycles. The van der Waals surface area contributed by atoms with Crippen LogP contribution in [0.1, 0.15) is 17.3 Å². The van der Waals surface area contributed by atoms with Crippen molar-refractivity contribution in [3.63, 3.8) is 0 Å². The Balaban J connectivity index is 1.69. The van der Waals surface area contributed by atoms with Crippen LogP contribution in [-0.2, 0) is 14.6 Å². The average molecular weight is 424 g/mol. The van der Waals surface area contributed by atoms with Crippen LogP contribution in [0.3, 0.4) is 0 Å². The molecule has 156 valence electrons. The molecular formula is C20H22F2N2O4S. The monoisotopic (exact) mass is 424 g/mol. The largest absolute Gasteiger partial charge is 0.465 e. The fraction of sp³-hybridized carbons (Fsp3) is 0.350. The van der Waals surface area contributed by atoms with Gasteiger partial charge in [0.05, 0.1) is 17.6 Å². The van der Waals surface area contributed by atoms with Gasteiger partial charge in [-0.3, -0.25) is 0 Å². The number of sulfone groups is 1. The van der Waals surface area contributed by atoms with Crippen LogP contribution in [0.2, 0.25) is 0 Å². The standard InChI is InChI=1S/C20H22F2N2O4S/c1-14-13-23(16-5-3-15(4-6-16)19(25)28-2)11-12-24(14)17-7-9-18(10-8-17)29(26,27)20(21)22/h3-10,14,20H,11-13H2,1-2H3. The third-order valence-corrected chi connectivity index (χ3v) is 6.41. The topological polar surface area (TPSA) is 66.9 Å². The quantitative estimate of drug-likeness (QED) is 0.687. The van der Waals surface area contributed by atoms with E-state index < -0.39 is 15.6 Å². The van der Waals surface area contributed by atoms with Gasteiger partial charge in [0.1, 0.15) is 0 Å². The maximum Gasteiger partial charge on any atom is 0.341 e. The van der Waals surface area contributed by atoms with Gasteiger partial charge in [-0.15, -0.1) is 0 Å². The van der Waals surface area contributed by atoms with Crippen molar-refractivity contribution in [3.05, 3.63) is 54.1 Å². The normalized spacial score (nSPS) is 17.5. The molecule has 0 aromatic heterocycles. The number of piperazine rings is 1. The molecule has 0 amide bonds. The first-order valence-corrected chi connectivity index (χ1v) is 10.6. The Bertz CT molecular complexity index is 963. The SMILES string of the molecule is COC(=O)c1ccc(N2CCN(c3ccc(S(=O)(=O)C(F)F)cc3)C(C)C2)cc1. The summed E-state index contributed by atoms with van der Waals surface area (Å²) in [6.07, 6.45) is 0. The smallest absolute Gasteiger partial charge is 0.341 e. The molecule has 0 saturated carbocycles. The minimum Gasteiger partial charge on any atom is -0.465 e. The molecule has 9 heteroatoms. The third kappa shape index (κ3) is 4.34. The predicted octanol–water partition coefficient (Wildman–Crippen LogP) is 3.18. The molecule has 0 spiro atoms. The van der Waals surface area contributed by atoms with Crippen LogP contribution in [-0.4, -0.2) is 52.9 Å². The van der Waals surface area contributed by atoms with E-state index in [4.69, 9.17) is 4.74 Å². The minimum atomic E-state index is -4.59. The fourth-order valence-electron chi connectivity index (χ4n) is 3.43. The summed E-state index contributed by atoms with van der Waals surface area (Å²) in [6.45, 7) is 4.16. The minimum absolute atomic E-state index is 0.113. The van der Waals surface area contributed by atoms with E-state index in [0.29, 0.717) is 18.7 Å². The van der Waals surface area contributed by atoms with Gasteiger partial charge >= 0.3 is 11.7 Å². The van der Waals surface area contributed by atoms with Crippen LogP contribution < -0.4 is 9.80 Å². The predicted molar refractivity (Wildman–Crippen MR) is 106 cm³/mol. The van der Waals surface area contributed by atoms with Crippen molar-refractivity contribution in [3.8, 4) is 0 Å². The average Bonchev–Trinajstić information content (AvgIpc) is 2.73. The molecule has 1 heterocycles. The highest BCUT2D eigenvalue weighted by Crippen LogP contribution is 2.27. The molecule has 0 N–H and O–H groups in total. The van der Waals surface area contributed by atoms with Crippen molar-refractivity contribution in [2.75, 3.05) is 36.5 Å². The summed E-state index contributed by atoms with van der Waals surface area (Å²) < 4.78 is 53.2. The highest BCUT2D eigenvalue weighted by atomic mass is 32.2. The summed E-state index contributed by atoms with van der Waals surface area (Å²) in [7, 11) is -3.25. The molecule has 1 aliphatic rings. The summed E-state index contributed by atoms with van der Waals surface area (Å²) >= 11 is 0. The summed E-state index contributed by atoms with van der Waals surface area (Å²) in [5.41, 5.74) is 2.26. The van der Waals surface area contributed by atoms with E-state index >= 15 is 0 Å². The van der Waals surface area contributed by atoms with E-state index in [1.54, 1.807) is 24.3 Å². The van der Waals surface area contributed by atoms with Crippen LogP contribution in [0.25, 0.3) is 0 Å². The van der Waals surface area contributed by atoms with Crippen LogP contribution in [0, 0.1) is 0 Å². The van der Waals surface area contributed by atoms with E-state index in [2.05, 4.69) is 9.80 Å². The first-order chi connectivity index (χ1) is 13.7. The molecule has 1 atom stereocenters. The summed E-state index contributed by atoms with van der Waals surface area (Å²) in [5, 5.41) is 0. The van der Waals surface area contributed by atoms with Crippen LogP contribution >= 0.6 is 0 Å². The molecule has 3 rings (SSSR count). The Hall–Kier alpha value is -2.68. The second-order valence-electron chi connectivity index (χ2n) is 6.83.